The third-order valence-corrected chi connectivity index (χ3v) is 3.30. The van der Waals surface area contributed by atoms with Crippen LogP contribution >= 0.6 is 0 Å². The van der Waals surface area contributed by atoms with Gasteiger partial charge in [-0.2, -0.15) is 0 Å². The molecule has 0 saturated carbocycles. The average Bonchev–Trinajstić information content (AvgIpc) is 2.88. The zero-order valence-electron chi connectivity index (χ0n) is 11.0. The Morgan fingerprint density at radius 2 is 2.39 bits per heavy atom. The largest absolute Gasteiger partial charge is 0.494 e. The van der Waals surface area contributed by atoms with Crippen LogP contribution in [0.15, 0.2) is 24.3 Å². The highest BCUT2D eigenvalue weighted by atomic mass is 16.5. The molecule has 1 heterocycles. The van der Waals surface area contributed by atoms with Gasteiger partial charge in [0.2, 0.25) is 0 Å². The van der Waals surface area contributed by atoms with Crippen molar-refractivity contribution >= 4 is 0 Å². The average molecular weight is 250 g/mol. The minimum Gasteiger partial charge on any atom is -0.494 e. The van der Waals surface area contributed by atoms with E-state index >= 15 is 0 Å². The van der Waals surface area contributed by atoms with Gasteiger partial charge in [0.15, 0.2) is 0 Å². The number of aliphatic hydroxyl groups excluding tert-OH is 1. The molecule has 0 amide bonds. The molecule has 0 radical (unpaired) electrons. The Morgan fingerprint density at radius 3 is 3.11 bits per heavy atom. The first-order valence-electron chi connectivity index (χ1n) is 6.78. The Hall–Kier alpha value is -1.06. The zero-order valence-corrected chi connectivity index (χ0v) is 11.0. The van der Waals surface area contributed by atoms with Crippen molar-refractivity contribution in [3.8, 4) is 5.75 Å². The van der Waals surface area contributed by atoms with Gasteiger partial charge in [-0.1, -0.05) is 12.1 Å². The molecule has 0 aromatic heterocycles. The van der Waals surface area contributed by atoms with Crippen LogP contribution in [0.25, 0.3) is 0 Å². The van der Waals surface area contributed by atoms with E-state index in [4.69, 9.17) is 9.47 Å². The molecule has 1 N–H and O–H groups in total. The normalized spacial score (nSPS) is 20.9. The summed E-state index contributed by atoms with van der Waals surface area (Å²) >= 11 is 0. The molecular weight excluding hydrogens is 228 g/mol. The van der Waals surface area contributed by atoms with E-state index in [2.05, 4.69) is 0 Å². The first kappa shape index (κ1) is 13.4. The molecule has 100 valence electrons. The fourth-order valence-corrected chi connectivity index (χ4v) is 2.24. The summed E-state index contributed by atoms with van der Waals surface area (Å²) in [4.78, 5) is 0. The standard InChI is InChI=1S/C15H22O3/c1-12(16)13-5-2-6-15(11-13)18-10-4-8-14-7-3-9-17-14/h2,5-6,11-12,14,16H,3-4,7-10H2,1H3/t12-,14?/m0/s1. The molecular formula is C15H22O3. The smallest absolute Gasteiger partial charge is 0.119 e. The monoisotopic (exact) mass is 250 g/mol. The van der Waals surface area contributed by atoms with Crippen molar-refractivity contribution in [3.05, 3.63) is 29.8 Å². The fraction of sp³-hybridized carbons (Fsp3) is 0.600. The third kappa shape index (κ3) is 4.00. The predicted octanol–water partition coefficient (Wildman–Crippen LogP) is 3.08. The second-order valence-corrected chi connectivity index (χ2v) is 4.87. The van der Waals surface area contributed by atoms with Crippen LogP contribution in [0.2, 0.25) is 0 Å². The van der Waals surface area contributed by atoms with Crippen LogP contribution in [-0.4, -0.2) is 24.4 Å². The minimum atomic E-state index is -0.444. The first-order chi connectivity index (χ1) is 8.75. The Bertz CT molecular complexity index is 357. The summed E-state index contributed by atoms with van der Waals surface area (Å²) in [5.74, 6) is 0.834. The zero-order chi connectivity index (χ0) is 12.8. The molecule has 2 rings (SSSR count). The van der Waals surface area contributed by atoms with Gasteiger partial charge in [0.05, 0.1) is 18.8 Å². The highest BCUT2D eigenvalue weighted by Gasteiger charge is 2.14. The van der Waals surface area contributed by atoms with Crippen molar-refractivity contribution in [2.75, 3.05) is 13.2 Å². The molecule has 2 atom stereocenters. The molecule has 1 aliphatic heterocycles. The Morgan fingerprint density at radius 1 is 1.50 bits per heavy atom. The van der Waals surface area contributed by atoms with Gasteiger partial charge < -0.3 is 14.6 Å². The maximum absolute atomic E-state index is 9.49. The SMILES string of the molecule is C[C@H](O)c1cccc(OCCCC2CCCO2)c1. The lowest BCUT2D eigenvalue weighted by molar-refractivity contribution is 0.0981. The van der Waals surface area contributed by atoms with E-state index in [0.29, 0.717) is 12.7 Å². The van der Waals surface area contributed by atoms with Crippen molar-refractivity contribution in [2.45, 2.75) is 44.8 Å². The third-order valence-electron chi connectivity index (χ3n) is 3.30. The van der Waals surface area contributed by atoms with Gasteiger partial charge >= 0.3 is 0 Å². The summed E-state index contributed by atoms with van der Waals surface area (Å²) in [6, 6.07) is 7.65. The van der Waals surface area contributed by atoms with Crippen LogP contribution in [0.3, 0.4) is 0 Å². The van der Waals surface area contributed by atoms with Crippen molar-refractivity contribution in [3.63, 3.8) is 0 Å². The van der Waals surface area contributed by atoms with Crippen molar-refractivity contribution in [2.24, 2.45) is 0 Å². The van der Waals surface area contributed by atoms with Gasteiger partial charge in [0.1, 0.15) is 5.75 Å². The lowest BCUT2D eigenvalue weighted by Crippen LogP contribution is -2.07. The number of rotatable bonds is 6. The summed E-state index contributed by atoms with van der Waals surface area (Å²) < 4.78 is 11.3. The van der Waals surface area contributed by atoms with E-state index in [1.54, 1.807) is 6.92 Å². The number of ether oxygens (including phenoxy) is 2. The number of aliphatic hydroxyl groups is 1. The first-order valence-corrected chi connectivity index (χ1v) is 6.78. The lowest BCUT2D eigenvalue weighted by Gasteiger charge is -2.11. The van der Waals surface area contributed by atoms with E-state index in [-0.39, 0.29) is 0 Å². The van der Waals surface area contributed by atoms with Gasteiger partial charge in [-0.25, -0.2) is 0 Å². The van der Waals surface area contributed by atoms with E-state index in [1.807, 2.05) is 24.3 Å². The lowest BCUT2D eigenvalue weighted by atomic mass is 10.1. The van der Waals surface area contributed by atoms with E-state index in [0.717, 1.165) is 30.8 Å². The molecule has 1 aromatic rings. The molecule has 1 fully saturated rings. The van der Waals surface area contributed by atoms with E-state index in [1.165, 1.54) is 12.8 Å². The highest BCUT2D eigenvalue weighted by Crippen LogP contribution is 2.20. The van der Waals surface area contributed by atoms with Crippen LogP contribution in [0.5, 0.6) is 5.75 Å². The molecule has 18 heavy (non-hydrogen) atoms. The molecule has 1 aromatic carbocycles. The van der Waals surface area contributed by atoms with Crippen molar-refractivity contribution < 1.29 is 14.6 Å². The van der Waals surface area contributed by atoms with Crippen LogP contribution < -0.4 is 4.74 Å². The quantitative estimate of drug-likeness (QED) is 0.789. The summed E-state index contributed by atoms with van der Waals surface area (Å²) in [6.07, 6.45) is 4.48. The molecule has 0 aliphatic carbocycles. The van der Waals surface area contributed by atoms with Crippen LogP contribution in [0.4, 0.5) is 0 Å². The number of hydrogen-bond donors (Lipinski definition) is 1. The molecule has 1 aliphatic rings. The highest BCUT2D eigenvalue weighted by molar-refractivity contribution is 5.29. The van der Waals surface area contributed by atoms with Crippen molar-refractivity contribution in [1.29, 1.82) is 0 Å². The van der Waals surface area contributed by atoms with Crippen LogP contribution in [0, 0.1) is 0 Å². The topological polar surface area (TPSA) is 38.7 Å². The Labute approximate surface area is 109 Å². The summed E-state index contributed by atoms with van der Waals surface area (Å²) in [5, 5.41) is 9.49. The van der Waals surface area contributed by atoms with Gasteiger partial charge in [0.25, 0.3) is 0 Å². The molecule has 1 unspecified atom stereocenters. The second-order valence-electron chi connectivity index (χ2n) is 4.87. The molecule has 0 bridgehead atoms. The number of benzene rings is 1. The molecule has 3 heteroatoms. The molecule has 0 spiro atoms. The molecule has 1 saturated heterocycles. The minimum absolute atomic E-state index is 0.442. The van der Waals surface area contributed by atoms with Crippen LogP contribution in [-0.2, 0) is 4.74 Å². The van der Waals surface area contributed by atoms with Gasteiger partial charge in [-0.05, 0) is 50.3 Å². The van der Waals surface area contributed by atoms with Crippen LogP contribution in [0.1, 0.15) is 44.3 Å². The Kier molecular flexibility index (Phi) is 5.02. The van der Waals surface area contributed by atoms with Crippen molar-refractivity contribution in [1.82, 2.24) is 0 Å². The predicted molar refractivity (Wildman–Crippen MR) is 70.8 cm³/mol. The maximum atomic E-state index is 9.49. The van der Waals surface area contributed by atoms with E-state index in [9.17, 15) is 5.11 Å². The number of hydrogen-bond acceptors (Lipinski definition) is 3. The molecule has 3 nitrogen and oxygen atoms in total. The van der Waals surface area contributed by atoms with Gasteiger partial charge in [0, 0.05) is 6.61 Å². The summed E-state index contributed by atoms with van der Waals surface area (Å²) in [7, 11) is 0. The van der Waals surface area contributed by atoms with Gasteiger partial charge in [-0.3, -0.25) is 0 Å². The summed E-state index contributed by atoms with van der Waals surface area (Å²) in [5.41, 5.74) is 0.895. The fourth-order valence-electron chi connectivity index (χ4n) is 2.24. The summed E-state index contributed by atoms with van der Waals surface area (Å²) in [6.45, 7) is 3.39. The second kappa shape index (κ2) is 6.76. The Balaban J connectivity index is 1.70. The van der Waals surface area contributed by atoms with E-state index < -0.39 is 6.10 Å². The maximum Gasteiger partial charge on any atom is 0.119 e. The van der Waals surface area contributed by atoms with Gasteiger partial charge in [-0.15, -0.1) is 0 Å².